The molecule has 0 aliphatic heterocycles. The lowest BCUT2D eigenvalue weighted by molar-refractivity contribution is -0.119. The number of aromatic nitrogens is 1. The second-order valence-corrected chi connectivity index (χ2v) is 3.48. The Morgan fingerprint density at radius 1 is 1.41 bits per heavy atom. The number of benzene rings is 1. The minimum atomic E-state index is -0.587. The molecule has 17 heavy (non-hydrogen) atoms. The number of hydrogen-bond acceptors (Lipinski definition) is 4. The Hall–Kier alpha value is -2.50. The molecule has 0 saturated heterocycles. The molecule has 0 atom stereocenters. The van der Waals surface area contributed by atoms with Gasteiger partial charge in [0.1, 0.15) is 11.5 Å². The second-order valence-electron chi connectivity index (χ2n) is 3.48. The average Bonchev–Trinajstić information content (AvgIpc) is 2.26. The monoisotopic (exact) mass is 234 g/mol. The Kier molecular flexibility index (Phi) is 2.70. The quantitative estimate of drug-likeness (QED) is 0.700. The second kappa shape index (κ2) is 4.17. The molecule has 1 aromatic heterocycles. The van der Waals surface area contributed by atoms with Gasteiger partial charge in [0, 0.05) is 11.5 Å². The van der Waals surface area contributed by atoms with Crippen molar-refractivity contribution in [3.05, 3.63) is 34.6 Å². The molecule has 6 nitrogen and oxygen atoms in total. The lowest BCUT2D eigenvalue weighted by Crippen LogP contribution is -2.20. The van der Waals surface area contributed by atoms with Crippen molar-refractivity contribution in [1.29, 1.82) is 0 Å². The van der Waals surface area contributed by atoms with E-state index < -0.39 is 5.91 Å². The van der Waals surface area contributed by atoms with Gasteiger partial charge in [0.15, 0.2) is 6.61 Å². The molecule has 1 aromatic carbocycles. The van der Waals surface area contributed by atoms with Crippen LogP contribution in [0.1, 0.15) is 0 Å². The normalized spacial score (nSPS) is 10.4. The number of primary amides is 1. The summed E-state index contributed by atoms with van der Waals surface area (Å²) in [5, 5.41) is 10.0. The zero-order chi connectivity index (χ0) is 12.4. The van der Waals surface area contributed by atoms with E-state index in [2.05, 4.69) is 4.98 Å². The van der Waals surface area contributed by atoms with Crippen LogP contribution in [-0.4, -0.2) is 22.6 Å². The first-order valence-electron chi connectivity index (χ1n) is 4.83. The Morgan fingerprint density at radius 3 is 2.88 bits per heavy atom. The molecule has 0 aliphatic rings. The van der Waals surface area contributed by atoms with Crippen LogP contribution in [0.3, 0.4) is 0 Å². The van der Waals surface area contributed by atoms with E-state index in [9.17, 15) is 14.7 Å². The Labute approximate surface area is 95.6 Å². The lowest BCUT2D eigenvalue weighted by Gasteiger charge is -2.05. The van der Waals surface area contributed by atoms with Gasteiger partial charge < -0.3 is 20.6 Å². The summed E-state index contributed by atoms with van der Waals surface area (Å²) in [6.07, 6.45) is 0. The molecule has 2 aromatic rings. The van der Waals surface area contributed by atoms with Gasteiger partial charge in [-0.25, -0.2) is 0 Å². The van der Waals surface area contributed by atoms with Crippen LogP contribution in [0, 0.1) is 0 Å². The van der Waals surface area contributed by atoms with Crippen LogP contribution in [-0.2, 0) is 4.79 Å². The zero-order valence-corrected chi connectivity index (χ0v) is 8.77. The molecule has 0 spiro atoms. The summed E-state index contributed by atoms with van der Waals surface area (Å²) >= 11 is 0. The third-order valence-electron chi connectivity index (χ3n) is 2.17. The van der Waals surface area contributed by atoms with Crippen molar-refractivity contribution >= 4 is 16.8 Å². The zero-order valence-electron chi connectivity index (χ0n) is 8.77. The van der Waals surface area contributed by atoms with E-state index in [1.54, 1.807) is 12.1 Å². The highest BCUT2D eigenvalue weighted by Crippen LogP contribution is 2.25. The standard InChI is InChI=1S/C11H10N2O4/c12-10(15)5-17-6-1-2-8-7(3-6)9(14)4-11(16)13-8/h1-4H,5H2,(H2,12,15)(H2,13,14,16). The van der Waals surface area contributed by atoms with E-state index in [0.717, 1.165) is 6.07 Å². The molecule has 0 aliphatic carbocycles. The third kappa shape index (κ3) is 2.36. The van der Waals surface area contributed by atoms with E-state index in [1.165, 1.54) is 6.07 Å². The minimum Gasteiger partial charge on any atom is -0.507 e. The van der Waals surface area contributed by atoms with E-state index in [1.807, 2.05) is 0 Å². The first-order valence-corrected chi connectivity index (χ1v) is 4.83. The van der Waals surface area contributed by atoms with Crippen LogP contribution in [0.2, 0.25) is 0 Å². The maximum absolute atomic E-state index is 11.1. The average molecular weight is 234 g/mol. The van der Waals surface area contributed by atoms with Gasteiger partial charge in [-0.15, -0.1) is 0 Å². The summed E-state index contributed by atoms with van der Waals surface area (Å²) in [5.41, 5.74) is 5.04. The number of rotatable bonds is 3. The number of hydrogen-bond donors (Lipinski definition) is 3. The van der Waals surface area contributed by atoms with Crippen LogP contribution in [0.15, 0.2) is 29.1 Å². The number of pyridine rings is 1. The van der Waals surface area contributed by atoms with Gasteiger partial charge >= 0.3 is 0 Å². The number of carbonyl (C=O) groups excluding carboxylic acids is 1. The van der Waals surface area contributed by atoms with Gasteiger partial charge in [-0.3, -0.25) is 9.59 Å². The van der Waals surface area contributed by atoms with Crippen LogP contribution in [0.5, 0.6) is 11.5 Å². The molecule has 0 fully saturated rings. The van der Waals surface area contributed by atoms with Crippen LogP contribution in [0.4, 0.5) is 0 Å². The Balaban J connectivity index is 2.43. The summed E-state index contributed by atoms with van der Waals surface area (Å²) in [6, 6.07) is 5.73. The number of nitrogens with one attached hydrogen (secondary N) is 1. The fraction of sp³-hybridized carbons (Fsp3) is 0.0909. The van der Waals surface area contributed by atoms with Crippen molar-refractivity contribution in [2.45, 2.75) is 0 Å². The molecular formula is C11H10N2O4. The molecule has 88 valence electrons. The SMILES string of the molecule is NC(=O)COc1ccc2[nH]c(=O)cc(O)c2c1. The summed E-state index contributed by atoms with van der Waals surface area (Å²) < 4.78 is 5.08. The molecule has 0 unspecified atom stereocenters. The minimum absolute atomic E-state index is 0.145. The number of ether oxygens (including phenoxy) is 1. The maximum Gasteiger partial charge on any atom is 0.255 e. The largest absolute Gasteiger partial charge is 0.507 e. The van der Waals surface area contributed by atoms with E-state index in [4.69, 9.17) is 10.5 Å². The van der Waals surface area contributed by atoms with Crippen molar-refractivity contribution in [1.82, 2.24) is 4.98 Å². The highest BCUT2D eigenvalue weighted by atomic mass is 16.5. The van der Waals surface area contributed by atoms with Gasteiger partial charge in [-0.2, -0.15) is 0 Å². The number of carbonyl (C=O) groups is 1. The third-order valence-corrected chi connectivity index (χ3v) is 2.17. The number of aromatic amines is 1. The van der Waals surface area contributed by atoms with Gasteiger partial charge in [-0.1, -0.05) is 0 Å². The summed E-state index contributed by atoms with van der Waals surface area (Å²) in [7, 11) is 0. The molecule has 2 rings (SSSR count). The molecular weight excluding hydrogens is 224 g/mol. The summed E-state index contributed by atoms with van der Waals surface area (Å²) in [5.74, 6) is -0.345. The van der Waals surface area contributed by atoms with E-state index in [-0.39, 0.29) is 17.9 Å². The molecule has 1 amide bonds. The fourth-order valence-electron chi connectivity index (χ4n) is 1.46. The first-order chi connectivity index (χ1) is 8.06. The number of H-pyrrole nitrogens is 1. The van der Waals surface area contributed by atoms with Crippen LogP contribution in [0.25, 0.3) is 10.9 Å². The molecule has 0 radical (unpaired) electrons. The van der Waals surface area contributed by atoms with Crippen molar-refractivity contribution < 1.29 is 14.6 Å². The number of amides is 1. The van der Waals surface area contributed by atoms with Crippen LogP contribution < -0.4 is 16.0 Å². The number of nitrogens with two attached hydrogens (primary N) is 1. The Morgan fingerprint density at radius 2 is 2.18 bits per heavy atom. The molecule has 1 heterocycles. The maximum atomic E-state index is 11.1. The van der Waals surface area contributed by atoms with Crippen molar-refractivity contribution in [2.75, 3.05) is 6.61 Å². The van der Waals surface area contributed by atoms with Gasteiger partial charge in [0.2, 0.25) is 0 Å². The number of fused-ring (bicyclic) bond motifs is 1. The van der Waals surface area contributed by atoms with Gasteiger partial charge in [0.05, 0.1) is 5.52 Å². The van der Waals surface area contributed by atoms with Gasteiger partial charge in [-0.05, 0) is 18.2 Å². The number of aromatic hydroxyl groups is 1. The van der Waals surface area contributed by atoms with Crippen LogP contribution >= 0.6 is 0 Å². The van der Waals surface area contributed by atoms with E-state index in [0.29, 0.717) is 16.7 Å². The predicted molar refractivity (Wildman–Crippen MR) is 60.9 cm³/mol. The smallest absolute Gasteiger partial charge is 0.255 e. The lowest BCUT2D eigenvalue weighted by atomic mass is 10.2. The van der Waals surface area contributed by atoms with E-state index >= 15 is 0 Å². The molecule has 0 saturated carbocycles. The van der Waals surface area contributed by atoms with Crippen molar-refractivity contribution in [3.8, 4) is 11.5 Å². The molecule has 0 bridgehead atoms. The van der Waals surface area contributed by atoms with Gasteiger partial charge in [0.25, 0.3) is 11.5 Å². The summed E-state index contributed by atoms with van der Waals surface area (Å²) in [4.78, 5) is 24.2. The van der Waals surface area contributed by atoms with Crippen molar-refractivity contribution in [3.63, 3.8) is 0 Å². The first kappa shape index (κ1) is 11.0. The topological polar surface area (TPSA) is 105 Å². The fourth-order valence-corrected chi connectivity index (χ4v) is 1.46. The molecule has 6 heteroatoms. The van der Waals surface area contributed by atoms with Crippen molar-refractivity contribution in [2.24, 2.45) is 5.73 Å². The highest BCUT2D eigenvalue weighted by molar-refractivity contribution is 5.85. The Bertz CT molecular complexity index is 633. The predicted octanol–water partition coefficient (Wildman–Crippen LogP) is 0.0978. The molecule has 4 N–H and O–H groups in total. The summed E-state index contributed by atoms with van der Waals surface area (Å²) in [6.45, 7) is -0.240. The highest BCUT2D eigenvalue weighted by Gasteiger charge is 2.04.